The lowest BCUT2D eigenvalue weighted by Gasteiger charge is -2.06. The molecule has 1 aromatic heterocycles. The molecule has 0 radical (unpaired) electrons. The van der Waals surface area contributed by atoms with Crippen LogP contribution in [0.2, 0.25) is 0 Å². The second-order valence-electron chi connectivity index (χ2n) is 3.15. The largest absolute Gasteiger partial charge is 0.476 e. The summed E-state index contributed by atoms with van der Waals surface area (Å²) in [6.07, 6.45) is 1.52. The van der Waals surface area contributed by atoms with Crippen molar-refractivity contribution in [3.05, 3.63) is 30.6 Å². The average molecular weight is 203 g/mol. The van der Waals surface area contributed by atoms with Crippen molar-refractivity contribution in [2.24, 2.45) is 0 Å². The third-order valence-corrected chi connectivity index (χ3v) is 2.10. The highest BCUT2D eigenvalue weighted by molar-refractivity contribution is 5.82. The van der Waals surface area contributed by atoms with Gasteiger partial charge in [-0.1, -0.05) is 12.1 Å². The highest BCUT2D eigenvalue weighted by Crippen LogP contribution is 2.19. The lowest BCUT2D eigenvalue weighted by atomic mass is 10.2. The van der Waals surface area contributed by atoms with E-state index in [1.165, 1.54) is 6.33 Å². The van der Waals surface area contributed by atoms with E-state index < -0.39 is 0 Å². The second kappa shape index (κ2) is 4.70. The van der Waals surface area contributed by atoms with Gasteiger partial charge in [-0.3, -0.25) is 0 Å². The van der Waals surface area contributed by atoms with Gasteiger partial charge in [0.1, 0.15) is 12.9 Å². The van der Waals surface area contributed by atoms with Crippen LogP contribution in [0.15, 0.2) is 30.6 Å². The van der Waals surface area contributed by atoms with E-state index in [-0.39, 0.29) is 0 Å². The van der Waals surface area contributed by atoms with Crippen molar-refractivity contribution in [2.75, 3.05) is 20.2 Å². The summed E-state index contributed by atoms with van der Waals surface area (Å²) in [7, 11) is 1.89. The van der Waals surface area contributed by atoms with Crippen molar-refractivity contribution in [3.63, 3.8) is 0 Å². The molecule has 0 spiro atoms. The zero-order chi connectivity index (χ0) is 10.5. The molecule has 0 unspecified atom stereocenters. The van der Waals surface area contributed by atoms with Gasteiger partial charge in [0.2, 0.25) is 5.88 Å². The van der Waals surface area contributed by atoms with E-state index in [4.69, 9.17) is 4.74 Å². The van der Waals surface area contributed by atoms with Gasteiger partial charge >= 0.3 is 0 Å². The summed E-state index contributed by atoms with van der Waals surface area (Å²) in [4.78, 5) is 8.28. The highest BCUT2D eigenvalue weighted by atomic mass is 16.5. The molecule has 0 aliphatic rings. The molecule has 2 aromatic rings. The van der Waals surface area contributed by atoms with Crippen molar-refractivity contribution < 1.29 is 4.74 Å². The standard InChI is InChI=1S/C11H13N3O/c1-12-6-7-15-11-9-4-2-3-5-10(9)13-8-14-11/h2-5,8,12H,6-7H2,1H3. The number of aromatic nitrogens is 2. The van der Waals surface area contributed by atoms with E-state index in [2.05, 4.69) is 15.3 Å². The van der Waals surface area contributed by atoms with Crippen LogP contribution in [0.25, 0.3) is 10.9 Å². The maximum absolute atomic E-state index is 5.55. The monoisotopic (exact) mass is 203 g/mol. The number of benzene rings is 1. The van der Waals surface area contributed by atoms with E-state index in [1.54, 1.807) is 0 Å². The first-order valence-corrected chi connectivity index (χ1v) is 4.89. The number of rotatable bonds is 4. The summed E-state index contributed by atoms with van der Waals surface area (Å²) >= 11 is 0. The fraction of sp³-hybridized carbons (Fsp3) is 0.273. The summed E-state index contributed by atoms with van der Waals surface area (Å²) in [6, 6.07) is 7.81. The Morgan fingerprint density at radius 2 is 2.13 bits per heavy atom. The SMILES string of the molecule is CNCCOc1ncnc2ccccc12. The lowest BCUT2D eigenvalue weighted by Crippen LogP contribution is -2.16. The minimum Gasteiger partial charge on any atom is -0.476 e. The Morgan fingerprint density at radius 1 is 1.27 bits per heavy atom. The first kappa shape index (κ1) is 9.86. The fourth-order valence-corrected chi connectivity index (χ4v) is 1.34. The molecule has 0 saturated carbocycles. The Hall–Kier alpha value is -1.68. The number of hydrogen-bond donors (Lipinski definition) is 1. The van der Waals surface area contributed by atoms with Gasteiger partial charge in [0.25, 0.3) is 0 Å². The first-order valence-electron chi connectivity index (χ1n) is 4.89. The Labute approximate surface area is 88.3 Å². The topological polar surface area (TPSA) is 47.0 Å². The Balaban J connectivity index is 2.26. The molecule has 1 aromatic carbocycles. The molecule has 0 saturated heterocycles. The number of hydrogen-bond acceptors (Lipinski definition) is 4. The summed E-state index contributed by atoms with van der Waals surface area (Å²) in [5, 5.41) is 3.97. The highest BCUT2D eigenvalue weighted by Gasteiger charge is 2.02. The zero-order valence-corrected chi connectivity index (χ0v) is 8.60. The molecule has 0 amide bonds. The Morgan fingerprint density at radius 3 is 3.00 bits per heavy atom. The fourth-order valence-electron chi connectivity index (χ4n) is 1.34. The molecular formula is C11H13N3O. The third-order valence-electron chi connectivity index (χ3n) is 2.10. The predicted molar refractivity (Wildman–Crippen MR) is 59.0 cm³/mol. The Kier molecular flexibility index (Phi) is 3.09. The number of ether oxygens (including phenoxy) is 1. The molecule has 0 aliphatic heterocycles. The summed E-state index contributed by atoms with van der Waals surface area (Å²) in [5.41, 5.74) is 0.909. The van der Waals surface area contributed by atoms with Gasteiger partial charge in [0.15, 0.2) is 0 Å². The number of nitrogens with one attached hydrogen (secondary N) is 1. The molecular weight excluding hydrogens is 190 g/mol. The van der Waals surface area contributed by atoms with Gasteiger partial charge in [-0.15, -0.1) is 0 Å². The maximum Gasteiger partial charge on any atom is 0.224 e. The lowest BCUT2D eigenvalue weighted by molar-refractivity contribution is 0.310. The van der Waals surface area contributed by atoms with Crippen molar-refractivity contribution in [2.45, 2.75) is 0 Å². The normalized spacial score (nSPS) is 10.5. The van der Waals surface area contributed by atoms with Gasteiger partial charge in [-0.2, -0.15) is 0 Å². The molecule has 0 aliphatic carbocycles. The molecule has 4 heteroatoms. The van der Waals surface area contributed by atoms with Crippen molar-refractivity contribution in [1.29, 1.82) is 0 Å². The first-order chi connectivity index (χ1) is 7.42. The van der Waals surface area contributed by atoms with Gasteiger partial charge in [-0.25, -0.2) is 9.97 Å². The molecule has 1 heterocycles. The molecule has 0 fully saturated rings. The van der Waals surface area contributed by atoms with Gasteiger partial charge < -0.3 is 10.1 Å². The summed E-state index contributed by atoms with van der Waals surface area (Å²) < 4.78 is 5.55. The molecule has 4 nitrogen and oxygen atoms in total. The average Bonchev–Trinajstić information content (AvgIpc) is 2.30. The minimum absolute atomic E-state index is 0.609. The van der Waals surface area contributed by atoms with Crippen molar-refractivity contribution in [3.8, 4) is 5.88 Å². The van der Waals surface area contributed by atoms with E-state index in [0.717, 1.165) is 17.4 Å². The van der Waals surface area contributed by atoms with E-state index in [0.29, 0.717) is 12.5 Å². The molecule has 0 bridgehead atoms. The van der Waals surface area contributed by atoms with Crippen LogP contribution in [0.3, 0.4) is 0 Å². The molecule has 1 N–H and O–H groups in total. The summed E-state index contributed by atoms with van der Waals surface area (Å²) in [6.45, 7) is 1.41. The minimum atomic E-state index is 0.609. The summed E-state index contributed by atoms with van der Waals surface area (Å²) in [5.74, 6) is 0.649. The van der Waals surface area contributed by atoms with Crippen LogP contribution in [0.4, 0.5) is 0 Å². The Bertz CT molecular complexity index is 439. The second-order valence-corrected chi connectivity index (χ2v) is 3.15. The van der Waals surface area contributed by atoms with Crippen LogP contribution in [0.5, 0.6) is 5.88 Å². The number of para-hydroxylation sites is 1. The number of fused-ring (bicyclic) bond motifs is 1. The van der Waals surface area contributed by atoms with Crippen LogP contribution in [-0.2, 0) is 0 Å². The van der Waals surface area contributed by atoms with Crippen molar-refractivity contribution in [1.82, 2.24) is 15.3 Å². The van der Waals surface area contributed by atoms with E-state index >= 15 is 0 Å². The molecule has 78 valence electrons. The van der Waals surface area contributed by atoms with Crippen LogP contribution in [0, 0.1) is 0 Å². The smallest absolute Gasteiger partial charge is 0.224 e. The molecule has 0 atom stereocenters. The van der Waals surface area contributed by atoms with E-state index in [1.807, 2.05) is 31.3 Å². The number of likely N-dealkylation sites (N-methyl/N-ethyl adjacent to an activating group) is 1. The quantitative estimate of drug-likeness (QED) is 0.759. The molecule has 2 rings (SSSR count). The van der Waals surface area contributed by atoms with Crippen LogP contribution in [-0.4, -0.2) is 30.2 Å². The number of nitrogens with zero attached hydrogens (tertiary/aromatic N) is 2. The maximum atomic E-state index is 5.55. The predicted octanol–water partition coefficient (Wildman–Crippen LogP) is 1.23. The van der Waals surface area contributed by atoms with Gasteiger partial charge in [0.05, 0.1) is 10.9 Å². The van der Waals surface area contributed by atoms with Crippen molar-refractivity contribution >= 4 is 10.9 Å². The molecule has 15 heavy (non-hydrogen) atoms. The van der Waals surface area contributed by atoms with Crippen LogP contribution in [0.1, 0.15) is 0 Å². The van der Waals surface area contributed by atoms with Gasteiger partial charge in [-0.05, 0) is 19.2 Å². The van der Waals surface area contributed by atoms with Crippen LogP contribution < -0.4 is 10.1 Å². The third kappa shape index (κ3) is 2.22. The van der Waals surface area contributed by atoms with Crippen LogP contribution >= 0.6 is 0 Å². The van der Waals surface area contributed by atoms with E-state index in [9.17, 15) is 0 Å². The zero-order valence-electron chi connectivity index (χ0n) is 8.60. The van der Waals surface area contributed by atoms with Gasteiger partial charge in [0, 0.05) is 6.54 Å².